The SMILES string of the molecule is C[C@@H]1CCCN(c2cc(Cl)nc(NC(=S)NC[C@H]3CCCO3)n2)C1. The average Bonchev–Trinajstić information content (AvgIpc) is 3.06. The van der Waals surface area contributed by atoms with Crippen molar-refractivity contribution < 1.29 is 4.74 Å². The van der Waals surface area contributed by atoms with Crippen molar-refractivity contribution in [3.8, 4) is 0 Å². The van der Waals surface area contributed by atoms with Crippen molar-refractivity contribution in [1.82, 2.24) is 15.3 Å². The van der Waals surface area contributed by atoms with Crippen LogP contribution >= 0.6 is 23.8 Å². The second-order valence-corrected chi connectivity index (χ2v) is 7.33. The highest BCUT2D eigenvalue weighted by Gasteiger charge is 2.19. The van der Waals surface area contributed by atoms with E-state index in [1.165, 1.54) is 12.8 Å². The zero-order chi connectivity index (χ0) is 16.9. The molecule has 6 nitrogen and oxygen atoms in total. The molecule has 3 rings (SSSR count). The Bertz CT molecular complexity index is 582. The molecule has 132 valence electrons. The van der Waals surface area contributed by atoms with Gasteiger partial charge in [-0.3, -0.25) is 0 Å². The average molecular weight is 370 g/mol. The Morgan fingerprint density at radius 2 is 2.29 bits per heavy atom. The number of hydrogen-bond acceptors (Lipinski definition) is 5. The van der Waals surface area contributed by atoms with Gasteiger partial charge in [-0.25, -0.2) is 4.98 Å². The molecule has 0 saturated carbocycles. The van der Waals surface area contributed by atoms with Crippen molar-refractivity contribution in [2.75, 3.05) is 36.5 Å². The van der Waals surface area contributed by atoms with E-state index in [1.54, 1.807) is 0 Å². The summed E-state index contributed by atoms with van der Waals surface area (Å²) in [6, 6.07) is 1.81. The molecule has 0 bridgehead atoms. The lowest BCUT2D eigenvalue weighted by Crippen LogP contribution is -2.36. The first-order chi connectivity index (χ1) is 11.6. The van der Waals surface area contributed by atoms with Crippen molar-refractivity contribution in [3.63, 3.8) is 0 Å². The zero-order valence-electron chi connectivity index (χ0n) is 13.9. The highest BCUT2D eigenvalue weighted by molar-refractivity contribution is 7.80. The Kier molecular flexibility index (Phi) is 6.08. The van der Waals surface area contributed by atoms with E-state index in [1.807, 2.05) is 6.07 Å². The van der Waals surface area contributed by atoms with Gasteiger partial charge in [0.25, 0.3) is 0 Å². The van der Waals surface area contributed by atoms with E-state index in [0.29, 0.717) is 28.7 Å². The van der Waals surface area contributed by atoms with E-state index >= 15 is 0 Å². The minimum Gasteiger partial charge on any atom is -0.376 e. The van der Waals surface area contributed by atoms with Crippen LogP contribution in [0.1, 0.15) is 32.6 Å². The van der Waals surface area contributed by atoms with Crippen molar-refractivity contribution in [1.29, 1.82) is 0 Å². The fourth-order valence-electron chi connectivity index (χ4n) is 3.18. The number of nitrogens with one attached hydrogen (secondary N) is 2. The molecule has 0 aromatic carbocycles. The van der Waals surface area contributed by atoms with Crippen molar-refractivity contribution in [3.05, 3.63) is 11.2 Å². The molecule has 0 radical (unpaired) electrons. The van der Waals surface area contributed by atoms with Gasteiger partial charge in [0.05, 0.1) is 6.10 Å². The van der Waals surface area contributed by atoms with Gasteiger partial charge in [0.1, 0.15) is 11.0 Å². The number of piperidine rings is 1. The van der Waals surface area contributed by atoms with Crippen LogP contribution < -0.4 is 15.5 Å². The van der Waals surface area contributed by atoms with Crippen LogP contribution in [0.3, 0.4) is 0 Å². The fraction of sp³-hybridized carbons (Fsp3) is 0.688. The van der Waals surface area contributed by atoms with Gasteiger partial charge in [-0.2, -0.15) is 4.98 Å². The second-order valence-electron chi connectivity index (χ2n) is 6.54. The molecule has 8 heteroatoms. The van der Waals surface area contributed by atoms with E-state index in [0.717, 1.165) is 38.4 Å². The Morgan fingerprint density at radius 3 is 3.04 bits per heavy atom. The lowest BCUT2D eigenvalue weighted by molar-refractivity contribution is 0.114. The van der Waals surface area contributed by atoms with Gasteiger partial charge in [0, 0.05) is 32.3 Å². The minimum absolute atomic E-state index is 0.232. The number of aromatic nitrogens is 2. The molecule has 1 aromatic heterocycles. The van der Waals surface area contributed by atoms with Gasteiger partial charge >= 0.3 is 0 Å². The third-order valence-electron chi connectivity index (χ3n) is 4.40. The minimum atomic E-state index is 0.232. The van der Waals surface area contributed by atoms with E-state index in [9.17, 15) is 0 Å². The first-order valence-corrected chi connectivity index (χ1v) is 9.35. The molecule has 2 atom stereocenters. The molecule has 0 spiro atoms. The van der Waals surface area contributed by atoms with Crippen LogP contribution in [0.25, 0.3) is 0 Å². The van der Waals surface area contributed by atoms with Crippen LogP contribution in [0, 0.1) is 5.92 Å². The van der Waals surface area contributed by atoms with Crippen LogP contribution in [-0.2, 0) is 4.74 Å². The second kappa shape index (κ2) is 8.27. The van der Waals surface area contributed by atoms with E-state index in [4.69, 9.17) is 28.6 Å². The number of halogens is 1. The quantitative estimate of drug-likeness (QED) is 0.625. The van der Waals surface area contributed by atoms with Gasteiger partial charge in [0.15, 0.2) is 5.11 Å². The maximum absolute atomic E-state index is 6.17. The fourth-order valence-corrected chi connectivity index (χ4v) is 3.53. The molecule has 2 fully saturated rings. The van der Waals surface area contributed by atoms with Crippen LogP contribution in [0.15, 0.2) is 6.07 Å². The number of anilines is 2. The molecular formula is C16H24ClN5OS. The van der Waals surface area contributed by atoms with Gasteiger partial charge in [-0.05, 0) is 43.8 Å². The molecule has 3 heterocycles. The number of thiocarbonyl (C=S) groups is 1. The normalized spacial score (nSPS) is 24.0. The van der Waals surface area contributed by atoms with Crippen LogP contribution in [0.5, 0.6) is 0 Å². The topological polar surface area (TPSA) is 62.3 Å². The summed E-state index contributed by atoms with van der Waals surface area (Å²) in [5, 5.41) is 7.10. The van der Waals surface area contributed by atoms with Gasteiger partial charge in [-0.15, -0.1) is 0 Å². The Morgan fingerprint density at radius 1 is 1.42 bits per heavy atom. The number of ether oxygens (including phenoxy) is 1. The Hall–Kier alpha value is -1.18. The maximum atomic E-state index is 6.17. The number of nitrogens with zero attached hydrogens (tertiary/aromatic N) is 3. The first kappa shape index (κ1) is 17.6. The Balaban J connectivity index is 1.59. The standard InChI is InChI=1S/C16H24ClN5OS/c1-11-4-2-6-22(10-11)14-8-13(17)19-15(20-14)21-16(24)18-9-12-5-3-7-23-12/h8,11-12H,2-7,9-10H2,1H3,(H2,18,19,20,21,24)/t11-,12-/m1/s1. The highest BCUT2D eigenvalue weighted by atomic mass is 35.5. The maximum Gasteiger partial charge on any atom is 0.232 e. The molecule has 0 amide bonds. The van der Waals surface area contributed by atoms with Crippen molar-refractivity contribution in [2.24, 2.45) is 5.92 Å². The summed E-state index contributed by atoms with van der Waals surface area (Å²) in [6.07, 6.45) is 4.85. The van der Waals surface area contributed by atoms with E-state index in [2.05, 4.69) is 32.4 Å². The van der Waals surface area contributed by atoms with Crippen LogP contribution in [-0.4, -0.2) is 47.4 Å². The molecule has 1 aromatic rings. The van der Waals surface area contributed by atoms with E-state index < -0.39 is 0 Å². The van der Waals surface area contributed by atoms with Gasteiger partial charge < -0.3 is 20.3 Å². The highest BCUT2D eigenvalue weighted by Crippen LogP contribution is 2.24. The van der Waals surface area contributed by atoms with Crippen molar-refractivity contribution in [2.45, 2.75) is 38.7 Å². The number of hydrogen-bond donors (Lipinski definition) is 2. The third-order valence-corrected chi connectivity index (χ3v) is 4.84. The monoisotopic (exact) mass is 369 g/mol. The molecular weight excluding hydrogens is 346 g/mol. The molecule has 2 N–H and O–H groups in total. The van der Waals surface area contributed by atoms with Gasteiger partial charge in [-0.1, -0.05) is 18.5 Å². The first-order valence-electron chi connectivity index (χ1n) is 8.56. The third kappa shape index (κ3) is 4.91. The Labute approximate surface area is 153 Å². The lowest BCUT2D eigenvalue weighted by Gasteiger charge is -2.32. The predicted octanol–water partition coefficient (Wildman–Crippen LogP) is 2.83. The molecule has 2 saturated heterocycles. The predicted molar refractivity (Wildman–Crippen MR) is 101 cm³/mol. The zero-order valence-corrected chi connectivity index (χ0v) is 15.5. The summed E-state index contributed by atoms with van der Waals surface area (Å²) < 4.78 is 5.57. The molecule has 0 aliphatic carbocycles. The van der Waals surface area contributed by atoms with Crippen molar-refractivity contribution >= 4 is 40.7 Å². The summed E-state index contributed by atoms with van der Waals surface area (Å²) in [4.78, 5) is 11.1. The summed E-state index contributed by atoms with van der Waals surface area (Å²) in [5.74, 6) is 1.95. The van der Waals surface area contributed by atoms with Gasteiger partial charge in [0.2, 0.25) is 5.95 Å². The van der Waals surface area contributed by atoms with Crippen LogP contribution in [0.2, 0.25) is 5.15 Å². The molecule has 0 unspecified atom stereocenters. The summed E-state index contributed by atoms with van der Waals surface area (Å²) in [5.41, 5.74) is 0. The summed E-state index contributed by atoms with van der Waals surface area (Å²) >= 11 is 11.5. The lowest BCUT2D eigenvalue weighted by atomic mass is 10.0. The summed E-state index contributed by atoms with van der Waals surface area (Å²) in [6.45, 7) is 5.79. The van der Waals surface area contributed by atoms with Crippen LogP contribution in [0.4, 0.5) is 11.8 Å². The largest absolute Gasteiger partial charge is 0.376 e. The number of rotatable bonds is 4. The summed E-state index contributed by atoms with van der Waals surface area (Å²) in [7, 11) is 0. The smallest absolute Gasteiger partial charge is 0.232 e. The molecule has 2 aliphatic rings. The molecule has 2 aliphatic heterocycles. The molecule has 24 heavy (non-hydrogen) atoms. The van der Waals surface area contributed by atoms with E-state index in [-0.39, 0.29) is 6.10 Å².